The topological polar surface area (TPSA) is 154 Å². The third kappa shape index (κ3) is 9.09. The quantitative estimate of drug-likeness (QED) is 0.110. The summed E-state index contributed by atoms with van der Waals surface area (Å²) in [4.78, 5) is 46.4. The molecule has 3 atom stereocenters. The van der Waals surface area contributed by atoms with Crippen molar-refractivity contribution in [2.45, 2.75) is 50.7 Å². The van der Waals surface area contributed by atoms with E-state index in [0.717, 1.165) is 38.4 Å². The smallest absolute Gasteiger partial charge is 0.326 e. The van der Waals surface area contributed by atoms with Crippen molar-refractivity contribution in [3.05, 3.63) is 163 Å². The summed E-state index contributed by atoms with van der Waals surface area (Å²) in [6.45, 7) is 1.02. The van der Waals surface area contributed by atoms with Crippen LogP contribution in [0, 0.1) is 11.3 Å². The molecule has 0 saturated heterocycles. The Morgan fingerprint density at radius 3 is 2.37 bits per heavy atom. The van der Waals surface area contributed by atoms with Gasteiger partial charge in [0.2, 0.25) is 12.0 Å². The SMILES string of the molecule is N#Cc1ccc(-c2ccc(CC(NC(=O)[C@@H]3Cc4cc5c(cc4CN3Cc3nccs3)O[C@@H](c3ccc(OCc4ccc(Cl)c(Cl)c4)cc3)C(=O)N5)C(=O)O)cc2)cc1. The molecule has 0 radical (unpaired) electrons. The van der Waals surface area contributed by atoms with E-state index in [1.165, 1.54) is 11.3 Å². The minimum atomic E-state index is -1.18. The van der Waals surface area contributed by atoms with E-state index in [9.17, 15) is 19.5 Å². The largest absolute Gasteiger partial charge is 0.489 e. The summed E-state index contributed by atoms with van der Waals surface area (Å²) in [5.74, 6) is -0.801. The summed E-state index contributed by atoms with van der Waals surface area (Å²) in [6.07, 6.45) is 1.16. The molecule has 14 heteroatoms. The maximum Gasteiger partial charge on any atom is 0.326 e. The van der Waals surface area contributed by atoms with Crippen molar-refractivity contribution in [1.82, 2.24) is 15.2 Å². The van der Waals surface area contributed by atoms with Crippen LogP contribution in [0.4, 0.5) is 5.69 Å². The van der Waals surface area contributed by atoms with Crippen molar-refractivity contribution in [3.63, 3.8) is 0 Å². The van der Waals surface area contributed by atoms with Crippen LogP contribution >= 0.6 is 34.5 Å². The van der Waals surface area contributed by atoms with Crippen LogP contribution in [0.1, 0.15) is 44.5 Å². The summed E-state index contributed by atoms with van der Waals surface area (Å²) in [5, 5.41) is 28.7. The molecule has 2 aliphatic rings. The first kappa shape index (κ1) is 39.6. The van der Waals surface area contributed by atoms with E-state index in [1.807, 2.05) is 64.9 Å². The van der Waals surface area contributed by atoms with Crippen molar-refractivity contribution >= 4 is 58.0 Å². The fourth-order valence-corrected chi connectivity index (χ4v) is 8.16. The van der Waals surface area contributed by atoms with Gasteiger partial charge in [0.25, 0.3) is 5.91 Å². The number of thiazole rings is 1. The minimum absolute atomic E-state index is 0.0804. The minimum Gasteiger partial charge on any atom is -0.489 e. The van der Waals surface area contributed by atoms with Gasteiger partial charge in [0.1, 0.15) is 29.2 Å². The summed E-state index contributed by atoms with van der Waals surface area (Å²) in [7, 11) is 0. The Hall–Kier alpha value is -6.23. The lowest BCUT2D eigenvalue weighted by molar-refractivity contribution is -0.142. The number of nitrogens with zero attached hydrogens (tertiary/aromatic N) is 3. The second-order valence-corrected chi connectivity index (χ2v) is 16.0. The fourth-order valence-electron chi connectivity index (χ4n) is 7.20. The van der Waals surface area contributed by atoms with Gasteiger partial charge in [0.15, 0.2) is 0 Å². The number of amides is 2. The Bertz CT molecular complexity index is 2560. The summed E-state index contributed by atoms with van der Waals surface area (Å²) in [6, 6.07) is 31.1. The number of nitrogens with one attached hydrogen (secondary N) is 2. The van der Waals surface area contributed by atoms with E-state index in [2.05, 4.69) is 21.7 Å². The number of rotatable bonds is 12. The van der Waals surface area contributed by atoms with E-state index in [0.29, 0.717) is 51.4 Å². The van der Waals surface area contributed by atoms with Crippen LogP contribution in [0.15, 0.2) is 115 Å². The van der Waals surface area contributed by atoms with Crippen LogP contribution in [0.25, 0.3) is 11.1 Å². The highest BCUT2D eigenvalue weighted by atomic mass is 35.5. The second kappa shape index (κ2) is 17.3. The van der Waals surface area contributed by atoms with E-state index < -0.39 is 30.1 Å². The monoisotopic (exact) mass is 843 g/mol. The molecule has 0 bridgehead atoms. The number of carbonyl (C=O) groups excluding carboxylic acids is 2. The Balaban J connectivity index is 0.962. The lowest BCUT2D eigenvalue weighted by atomic mass is 9.91. The number of hydrogen-bond donors (Lipinski definition) is 3. The molecule has 1 unspecified atom stereocenters. The molecule has 3 N–H and O–H groups in total. The van der Waals surface area contributed by atoms with E-state index in [4.69, 9.17) is 37.9 Å². The normalized spacial score (nSPS) is 16.4. The first-order valence-electron chi connectivity index (χ1n) is 18.7. The molecule has 0 aliphatic carbocycles. The molecule has 1 aromatic heterocycles. The van der Waals surface area contributed by atoms with Crippen molar-refractivity contribution in [2.24, 2.45) is 0 Å². The Labute approximate surface area is 353 Å². The number of ether oxygens (including phenoxy) is 2. The van der Waals surface area contributed by atoms with Gasteiger partial charge in [0.05, 0.1) is 40.0 Å². The highest BCUT2D eigenvalue weighted by Crippen LogP contribution is 2.40. The van der Waals surface area contributed by atoms with Gasteiger partial charge in [-0.3, -0.25) is 14.5 Å². The molecule has 296 valence electrons. The molecule has 2 aliphatic heterocycles. The number of halogens is 2. The second-order valence-electron chi connectivity index (χ2n) is 14.3. The van der Waals surface area contributed by atoms with Gasteiger partial charge >= 0.3 is 5.97 Å². The zero-order chi connectivity index (χ0) is 41.0. The van der Waals surface area contributed by atoms with Crippen LogP contribution < -0.4 is 20.1 Å². The molecular weight excluding hydrogens is 809 g/mol. The molecular formula is C45H35Cl2N5O6S. The van der Waals surface area contributed by atoms with Crippen molar-refractivity contribution in [1.29, 1.82) is 5.26 Å². The third-order valence-corrected chi connectivity index (χ3v) is 11.8. The van der Waals surface area contributed by atoms with Crippen LogP contribution in [0.2, 0.25) is 10.0 Å². The molecule has 0 spiro atoms. The van der Waals surface area contributed by atoms with Gasteiger partial charge < -0.3 is 25.2 Å². The number of nitriles is 1. The molecule has 6 aromatic rings. The van der Waals surface area contributed by atoms with E-state index in [1.54, 1.807) is 54.7 Å². The maximum atomic E-state index is 14.1. The van der Waals surface area contributed by atoms with Crippen molar-refractivity contribution in [3.8, 4) is 28.7 Å². The predicted octanol–water partition coefficient (Wildman–Crippen LogP) is 8.38. The van der Waals surface area contributed by atoms with Gasteiger partial charge in [0, 0.05) is 30.1 Å². The molecule has 5 aromatic carbocycles. The van der Waals surface area contributed by atoms with Crippen LogP contribution in [0.3, 0.4) is 0 Å². The van der Waals surface area contributed by atoms with Crippen molar-refractivity contribution in [2.75, 3.05) is 5.32 Å². The van der Waals surface area contributed by atoms with Crippen LogP contribution in [-0.4, -0.2) is 44.9 Å². The zero-order valence-electron chi connectivity index (χ0n) is 31.2. The van der Waals surface area contributed by atoms with E-state index in [-0.39, 0.29) is 25.4 Å². The number of anilines is 1. The van der Waals surface area contributed by atoms with Gasteiger partial charge in [-0.15, -0.1) is 11.3 Å². The summed E-state index contributed by atoms with van der Waals surface area (Å²) < 4.78 is 12.2. The zero-order valence-corrected chi connectivity index (χ0v) is 33.6. The first-order valence-corrected chi connectivity index (χ1v) is 20.3. The van der Waals surface area contributed by atoms with E-state index >= 15 is 0 Å². The standard InChI is InChI=1S/C45H35Cl2N5O6S/c46-35-14-5-28(17-36(35)47)25-57-34-12-10-31(11-13-34)42-44(54)50-37-19-32-20-39(52(24-41-49-15-16-59-41)23-33(32)21-40(37)58-42)43(53)51-38(45(55)56)18-26-1-6-29(7-2-26)30-8-3-27(22-48)4-9-30/h1-17,19,21,38-39,42H,18,20,23-25H2,(H,50,54)(H,51,53)(H,55,56)/t38?,39-,42-/m0/s1. The maximum absolute atomic E-state index is 14.1. The van der Waals surface area contributed by atoms with Gasteiger partial charge in [-0.2, -0.15) is 5.26 Å². The van der Waals surface area contributed by atoms with Gasteiger partial charge in [-0.1, -0.05) is 77.8 Å². The fraction of sp³-hybridized carbons (Fsp3) is 0.178. The molecule has 0 fully saturated rings. The van der Waals surface area contributed by atoms with Crippen LogP contribution in [0.5, 0.6) is 11.5 Å². The number of benzene rings is 5. The number of carboxylic acid groups (broad SMARTS) is 1. The molecule has 3 heterocycles. The van der Waals surface area contributed by atoms with Crippen molar-refractivity contribution < 1.29 is 29.0 Å². The molecule has 0 saturated carbocycles. The van der Waals surface area contributed by atoms with Gasteiger partial charge in [-0.25, -0.2) is 9.78 Å². The molecule has 2 amide bonds. The van der Waals surface area contributed by atoms with Gasteiger partial charge in [-0.05, 0) is 88.3 Å². The number of carboxylic acids is 1. The molecule has 59 heavy (non-hydrogen) atoms. The molecule has 11 nitrogen and oxygen atoms in total. The average Bonchev–Trinajstić information content (AvgIpc) is 3.76. The summed E-state index contributed by atoms with van der Waals surface area (Å²) in [5.41, 5.74) is 6.92. The predicted molar refractivity (Wildman–Crippen MR) is 224 cm³/mol. The highest BCUT2D eigenvalue weighted by Gasteiger charge is 2.37. The number of carbonyl (C=O) groups is 3. The number of aliphatic carboxylic acids is 1. The lowest BCUT2D eigenvalue weighted by Gasteiger charge is -2.37. The average molecular weight is 845 g/mol. The molecule has 8 rings (SSSR count). The first-order chi connectivity index (χ1) is 28.6. The number of fused-ring (bicyclic) bond motifs is 2. The lowest BCUT2D eigenvalue weighted by Crippen LogP contribution is -2.54. The number of hydrogen-bond acceptors (Lipinski definition) is 9. The summed E-state index contributed by atoms with van der Waals surface area (Å²) >= 11 is 13.6. The third-order valence-electron chi connectivity index (χ3n) is 10.3. The number of aromatic nitrogens is 1. The Kier molecular flexibility index (Phi) is 11.6. The Morgan fingerprint density at radius 1 is 0.966 bits per heavy atom. The Morgan fingerprint density at radius 2 is 1.69 bits per heavy atom. The highest BCUT2D eigenvalue weighted by molar-refractivity contribution is 7.09. The van der Waals surface area contributed by atoms with Crippen LogP contribution in [-0.2, 0) is 46.9 Å².